The van der Waals surface area contributed by atoms with Gasteiger partial charge in [0.05, 0.1) is 6.54 Å². The van der Waals surface area contributed by atoms with Crippen LogP contribution in [0.1, 0.15) is 43.5 Å². The molecule has 8 nitrogen and oxygen atoms in total. The van der Waals surface area contributed by atoms with Crippen molar-refractivity contribution in [3.8, 4) is 0 Å². The van der Waals surface area contributed by atoms with Crippen LogP contribution in [0.15, 0.2) is 29.3 Å². The van der Waals surface area contributed by atoms with E-state index in [1.165, 1.54) is 4.68 Å². The lowest BCUT2D eigenvalue weighted by Gasteiger charge is -2.32. The molecule has 0 aliphatic carbocycles. The summed E-state index contributed by atoms with van der Waals surface area (Å²) in [4.78, 5) is 31.7. The standard InChI is InChI=1S/C22H31N5O3/c1-30-16-18-6-10-25(11-7-18)21(28)13-17-4-5-20-24-27(22(29)26(20)12-8-17)15-19-3-2-9-23-14-19/h2-3,9,14,17-18H,4-8,10-13,15-16H2,1H3. The summed E-state index contributed by atoms with van der Waals surface area (Å²) in [6, 6.07) is 3.81. The van der Waals surface area contributed by atoms with Gasteiger partial charge in [-0.2, -0.15) is 5.10 Å². The number of carbonyl (C=O) groups excluding carboxylic acids is 1. The molecule has 0 spiro atoms. The summed E-state index contributed by atoms with van der Waals surface area (Å²) in [6.07, 6.45) is 8.58. The van der Waals surface area contributed by atoms with E-state index < -0.39 is 0 Å². The molecule has 0 aromatic carbocycles. The van der Waals surface area contributed by atoms with Gasteiger partial charge in [-0.15, -0.1) is 0 Å². The maximum atomic E-state index is 12.8. The van der Waals surface area contributed by atoms with Gasteiger partial charge >= 0.3 is 5.69 Å². The van der Waals surface area contributed by atoms with Crippen LogP contribution in [-0.4, -0.2) is 56.9 Å². The molecule has 162 valence electrons. The van der Waals surface area contributed by atoms with Gasteiger partial charge in [0.1, 0.15) is 5.82 Å². The SMILES string of the molecule is COCC1CCN(C(=O)CC2CCc3nn(Cc4cccnc4)c(=O)n3CC2)CC1. The lowest BCUT2D eigenvalue weighted by atomic mass is 9.94. The summed E-state index contributed by atoms with van der Waals surface area (Å²) in [5.74, 6) is 1.97. The summed E-state index contributed by atoms with van der Waals surface area (Å²) in [5, 5.41) is 4.57. The van der Waals surface area contributed by atoms with E-state index in [0.29, 0.717) is 31.3 Å². The molecule has 0 N–H and O–H groups in total. The van der Waals surface area contributed by atoms with Crippen LogP contribution in [0.2, 0.25) is 0 Å². The molecule has 4 rings (SSSR count). The molecule has 2 aromatic rings. The average Bonchev–Trinajstić information content (AvgIpc) is 2.92. The Balaban J connectivity index is 1.32. The molecule has 0 radical (unpaired) electrons. The molecule has 8 heteroatoms. The highest BCUT2D eigenvalue weighted by Crippen LogP contribution is 2.24. The molecule has 2 aromatic heterocycles. The van der Waals surface area contributed by atoms with E-state index in [9.17, 15) is 9.59 Å². The van der Waals surface area contributed by atoms with Crippen molar-refractivity contribution in [2.24, 2.45) is 11.8 Å². The summed E-state index contributed by atoms with van der Waals surface area (Å²) in [6.45, 7) is 3.53. The molecule has 1 atom stereocenters. The van der Waals surface area contributed by atoms with Gasteiger partial charge in [-0.1, -0.05) is 6.07 Å². The van der Waals surface area contributed by atoms with Gasteiger partial charge in [0.15, 0.2) is 0 Å². The summed E-state index contributed by atoms with van der Waals surface area (Å²) in [7, 11) is 1.74. The van der Waals surface area contributed by atoms with Gasteiger partial charge in [0.25, 0.3) is 0 Å². The van der Waals surface area contributed by atoms with Crippen LogP contribution >= 0.6 is 0 Å². The highest BCUT2D eigenvalue weighted by atomic mass is 16.5. The second-order valence-electron chi connectivity index (χ2n) is 8.55. The predicted molar refractivity (Wildman–Crippen MR) is 112 cm³/mol. The molecule has 0 bridgehead atoms. The molecule has 2 aliphatic rings. The van der Waals surface area contributed by atoms with E-state index in [4.69, 9.17) is 4.74 Å². The zero-order chi connectivity index (χ0) is 20.9. The minimum absolute atomic E-state index is 0.0685. The van der Waals surface area contributed by atoms with Gasteiger partial charge in [0.2, 0.25) is 5.91 Å². The van der Waals surface area contributed by atoms with Gasteiger partial charge in [0, 0.05) is 58.6 Å². The first kappa shape index (κ1) is 20.8. The van der Waals surface area contributed by atoms with Gasteiger partial charge in [-0.3, -0.25) is 14.3 Å². The third-order valence-corrected chi connectivity index (χ3v) is 6.42. The number of nitrogens with zero attached hydrogens (tertiary/aromatic N) is 5. The van der Waals surface area contributed by atoms with Crippen LogP contribution in [0.25, 0.3) is 0 Å². The Morgan fingerprint density at radius 3 is 2.70 bits per heavy atom. The number of carbonyl (C=O) groups is 1. The molecular weight excluding hydrogens is 382 g/mol. The number of hydrogen-bond acceptors (Lipinski definition) is 5. The Labute approximate surface area is 176 Å². The van der Waals surface area contributed by atoms with E-state index in [2.05, 4.69) is 10.1 Å². The van der Waals surface area contributed by atoms with E-state index in [1.807, 2.05) is 17.0 Å². The van der Waals surface area contributed by atoms with E-state index >= 15 is 0 Å². The van der Waals surface area contributed by atoms with E-state index in [0.717, 1.165) is 63.2 Å². The third-order valence-electron chi connectivity index (χ3n) is 6.42. The summed E-state index contributed by atoms with van der Waals surface area (Å²) in [5.41, 5.74) is 0.895. The third kappa shape index (κ3) is 4.80. The average molecular weight is 414 g/mol. The van der Waals surface area contributed by atoms with Gasteiger partial charge < -0.3 is 9.64 Å². The van der Waals surface area contributed by atoms with Crippen LogP contribution in [0.5, 0.6) is 0 Å². The van der Waals surface area contributed by atoms with Crippen LogP contribution < -0.4 is 5.69 Å². The number of methoxy groups -OCH3 is 1. The Morgan fingerprint density at radius 2 is 1.97 bits per heavy atom. The Morgan fingerprint density at radius 1 is 1.17 bits per heavy atom. The normalized spacial score (nSPS) is 20.0. The molecule has 1 saturated heterocycles. The molecule has 4 heterocycles. The van der Waals surface area contributed by atoms with Gasteiger partial charge in [-0.25, -0.2) is 9.48 Å². The van der Waals surface area contributed by atoms with Crippen molar-refractivity contribution < 1.29 is 9.53 Å². The van der Waals surface area contributed by atoms with Crippen LogP contribution in [0.4, 0.5) is 0 Å². The van der Waals surface area contributed by atoms with Crippen molar-refractivity contribution in [1.29, 1.82) is 0 Å². The summed E-state index contributed by atoms with van der Waals surface area (Å²) >= 11 is 0. The fourth-order valence-electron chi connectivity index (χ4n) is 4.62. The molecule has 1 amide bonds. The van der Waals surface area contributed by atoms with Crippen molar-refractivity contribution in [3.05, 3.63) is 46.4 Å². The molecule has 1 unspecified atom stereocenters. The second kappa shape index (κ2) is 9.55. The Kier molecular flexibility index (Phi) is 6.62. The molecule has 30 heavy (non-hydrogen) atoms. The minimum Gasteiger partial charge on any atom is -0.384 e. The quantitative estimate of drug-likeness (QED) is 0.720. The molecule has 2 aliphatic heterocycles. The highest BCUT2D eigenvalue weighted by Gasteiger charge is 2.27. The summed E-state index contributed by atoms with van der Waals surface area (Å²) < 4.78 is 8.56. The number of fused-ring (bicyclic) bond motifs is 1. The highest BCUT2D eigenvalue weighted by molar-refractivity contribution is 5.76. The zero-order valence-electron chi connectivity index (χ0n) is 17.7. The van der Waals surface area contributed by atoms with Gasteiger partial charge in [-0.05, 0) is 49.1 Å². The van der Waals surface area contributed by atoms with E-state index in [-0.39, 0.29) is 11.6 Å². The second-order valence-corrected chi connectivity index (χ2v) is 8.55. The van der Waals surface area contributed by atoms with Crippen molar-refractivity contribution in [1.82, 2.24) is 24.2 Å². The first-order valence-corrected chi connectivity index (χ1v) is 11.0. The van der Waals surface area contributed by atoms with E-state index in [1.54, 1.807) is 24.1 Å². The van der Waals surface area contributed by atoms with Crippen LogP contribution in [0.3, 0.4) is 0 Å². The molecule has 1 fully saturated rings. The fraction of sp³-hybridized carbons (Fsp3) is 0.636. The maximum Gasteiger partial charge on any atom is 0.346 e. The number of rotatable bonds is 6. The zero-order valence-corrected chi connectivity index (χ0v) is 17.7. The van der Waals surface area contributed by atoms with Crippen molar-refractivity contribution >= 4 is 5.91 Å². The van der Waals surface area contributed by atoms with Crippen molar-refractivity contribution in [2.45, 2.75) is 51.6 Å². The first-order chi connectivity index (χ1) is 14.6. The smallest absolute Gasteiger partial charge is 0.346 e. The number of pyridine rings is 1. The Bertz CT molecular complexity index is 899. The van der Waals surface area contributed by atoms with Crippen LogP contribution in [0, 0.1) is 11.8 Å². The number of hydrogen-bond donors (Lipinski definition) is 0. The Hall–Kier alpha value is -2.48. The van der Waals surface area contributed by atoms with Crippen molar-refractivity contribution in [2.75, 3.05) is 26.8 Å². The fourth-order valence-corrected chi connectivity index (χ4v) is 4.62. The monoisotopic (exact) mass is 413 g/mol. The number of piperidine rings is 1. The minimum atomic E-state index is -0.0685. The first-order valence-electron chi connectivity index (χ1n) is 11.0. The number of aryl methyl sites for hydroxylation is 1. The number of amides is 1. The lowest BCUT2D eigenvalue weighted by molar-refractivity contribution is -0.134. The number of aromatic nitrogens is 4. The molecular formula is C22H31N5O3. The lowest BCUT2D eigenvalue weighted by Crippen LogP contribution is -2.40. The largest absolute Gasteiger partial charge is 0.384 e. The van der Waals surface area contributed by atoms with Crippen molar-refractivity contribution in [3.63, 3.8) is 0 Å². The predicted octanol–water partition coefficient (Wildman–Crippen LogP) is 1.72. The van der Waals surface area contributed by atoms with Crippen LogP contribution in [-0.2, 0) is 29.0 Å². The molecule has 0 saturated carbocycles. The topological polar surface area (TPSA) is 82.2 Å². The maximum absolute atomic E-state index is 12.8. The number of ether oxygens (including phenoxy) is 1. The number of likely N-dealkylation sites (tertiary alicyclic amines) is 1.